The van der Waals surface area contributed by atoms with Gasteiger partial charge in [0.1, 0.15) is 0 Å². The quantitative estimate of drug-likeness (QED) is 0.763. The van der Waals surface area contributed by atoms with Crippen LogP contribution >= 0.6 is 0 Å². The van der Waals surface area contributed by atoms with E-state index in [0.717, 1.165) is 37.5 Å². The number of rotatable bonds is 3. The molecular formula is C17H33NO. The molecule has 0 aromatic carbocycles. The summed E-state index contributed by atoms with van der Waals surface area (Å²) >= 11 is 0. The summed E-state index contributed by atoms with van der Waals surface area (Å²) in [7, 11) is 0. The second kappa shape index (κ2) is 6.13. The molecule has 0 aromatic rings. The van der Waals surface area contributed by atoms with Crippen LogP contribution in [0.3, 0.4) is 0 Å². The molecule has 2 rings (SSSR count). The second-order valence-corrected chi connectivity index (χ2v) is 7.42. The van der Waals surface area contributed by atoms with E-state index in [-0.39, 0.29) is 5.41 Å². The third-order valence-corrected chi connectivity index (χ3v) is 6.24. The molecule has 2 saturated carbocycles. The summed E-state index contributed by atoms with van der Waals surface area (Å²) in [6.45, 7) is 5.29. The van der Waals surface area contributed by atoms with Crippen molar-refractivity contribution >= 4 is 0 Å². The molecule has 0 spiro atoms. The molecule has 2 heteroatoms. The molecule has 3 N–H and O–H groups in total. The SMILES string of the molecule is CCC1CCCC(CN)(C2(O)CCCC(C)CC2)C1. The summed E-state index contributed by atoms with van der Waals surface area (Å²) in [5, 5.41) is 11.4. The van der Waals surface area contributed by atoms with Crippen molar-refractivity contribution in [1.29, 1.82) is 0 Å². The van der Waals surface area contributed by atoms with E-state index in [2.05, 4.69) is 13.8 Å². The van der Waals surface area contributed by atoms with E-state index in [1.54, 1.807) is 0 Å². The molecule has 0 radical (unpaired) electrons. The molecule has 4 unspecified atom stereocenters. The van der Waals surface area contributed by atoms with Crippen LogP contribution in [-0.2, 0) is 0 Å². The Morgan fingerprint density at radius 2 is 1.84 bits per heavy atom. The fourth-order valence-corrected chi connectivity index (χ4v) is 4.66. The Labute approximate surface area is 119 Å². The van der Waals surface area contributed by atoms with Crippen molar-refractivity contribution < 1.29 is 5.11 Å². The van der Waals surface area contributed by atoms with E-state index in [4.69, 9.17) is 5.73 Å². The minimum absolute atomic E-state index is 0.00991. The minimum atomic E-state index is -0.486. The largest absolute Gasteiger partial charge is 0.389 e. The third-order valence-electron chi connectivity index (χ3n) is 6.24. The summed E-state index contributed by atoms with van der Waals surface area (Å²) in [5.74, 6) is 1.55. The number of nitrogens with two attached hydrogens (primary N) is 1. The molecule has 2 nitrogen and oxygen atoms in total. The second-order valence-electron chi connectivity index (χ2n) is 7.42. The van der Waals surface area contributed by atoms with Crippen LogP contribution in [0.15, 0.2) is 0 Å². The van der Waals surface area contributed by atoms with Gasteiger partial charge in [0.15, 0.2) is 0 Å². The van der Waals surface area contributed by atoms with Gasteiger partial charge in [0.25, 0.3) is 0 Å². The summed E-state index contributed by atoms with van der Waals surface area (Å²) in [6.07, 6.45) is 11.7. The van der Waals surface area contributed by atoms with Crippen molar-refractivity contribution in [1.82, 2.24) is 0 Å². The average molecular weight is 267 g/mol. The normalized spacial score (nSPS) is 44.8. The van der Waals surface area contributed by atoms with Gasteiger partial charge in [0.05, 0.1) is 5.60 Å². The van der Waals surface area contributed by atoms with Gasteiger partial charge in [-0.15, -0.1) is 0 Å². The Balaban J connectivity index is 2.18. The van der Waals surface area contributed by atoms with E-state index >= 15 is 0 Å². The van der Waals surface area contributed by atoms with Gasteiger partial charge in [0.2, 0.25) is 0 Å². The van der Waals surface area contributed by atoms with E-state index in [1.807, 2.05) is 0 Å². The smallest absolute Gasteiger partial charge is 0.0716 e. The predicted octanol–water partition coefficient (Wildman–Crippen LogP) is 3.86. The van der Waals surface area contributed by atoms with Crippen LogP contribution in [0.5, 0.6) is 0 Å². The fourth-order valence-electron chi connectivity index (χ4n) is 4.66. The topological polar surface area (TPSA) is 46.2 Å². The lowest BCUT2D eigenvalue weighted by Crippen LogP contribution is -2.54. The molecule has 0 heterocycles. The first-order valence-corrected chi connectivity index (χ1v) is 8.48. The molecule has 0 aliphatic heterocycles. The lowest BCUT2D eigenvalue weighted by molar-refractivity contribution is -0.118. The van der Waals surface area contributed by atoms with Gasteiger partial charge in [-0.2, -0.15) is 0 Å². The van der Waals surface area contributed by atoms with Crippen LogP contribution in [0.1, 0.15) is 78.1 Å². The van der Waals surface area contributed by atoms with E-state index < -0.39 is 5.60 Å². The van der Waals surface area contributed by atoms with Crippen molar-refractivity contribution in [3.63, 3.8) is 0 Å². The molecule has 2 aliphatic rings. The monoisotopic (exact) mass is 267 g/mol. The van der Waals surface area contributed by atoms with Gasteiger partial charge in [-0.1, -0.05) is 46.0 Å². The van der Waals surface area contributed by atoms with Crippen LogP contribution in [0.25, 0.3) is 0 Å². The predicted molar refractivity (Wildman–Crippen MR) is 80.9 cm³/mol. The van der Waals surface area contributed by atoms with Gasteiger partial charge < -0.3 is 10.8 Å². The van der Waals surface area contributed by atoms with Crippen molar-refractivity contribution in [2.45, 2.75) is 83.7 Å². The molecule has 0 amide bonds. The number of hydrogen-bond donors (Lipinski definition) is 2. The zero-order chi connectivity index (χ0) is 13.9. The Hall–Kier alpha value is -0.0800. The van der Waals surface area contributed by atoms with Crippen molar-refractivity contribution in [2.24, 2.45) is 23.0 Å². The zero-order valence-corrected chi connectivity index (χ0v) is 13.0. The van der Waals surface area contributed by atoms with Crippen molar-refractivity contribution in [2.75, 3.05) is 6.54 Å². The number of aliphatic hydroxyl groups is 1. The average Bonchev–Trinajstić information content (AvgIpc) is 2.61. The van der Waals surface area contributed by atoms with Crippen LogP contribution < -0.4 is 5.73 Å². The summed E-state index contributed by atoms with van der Waals surface area (Å²) in [4.78, 5) is 0. The van der Waals surface area contributed by atoms with Gasteiger partial charge in [-0.3, -0.25) is 0 Å². The Kier molecular flexibility index (Phi) is 4.94. The number of hydrogen-bond acceptors (Lipinski definition) is 2. The van der Waals surface area contributed by atoms with Crippen LogP contribution in [0.4, 0.5) is 0 Å². The first kappa shape index (κ1) is 15.3. The fraction of sp³-hybridized carbons (Fsp3) is 1.00. The molecule has 0 aromatic heterocycles. The highest BCUT2D eigenvalue weighted by atomic mass is 16.3. The molecular weight excluding hydrogens is 234 g/mol. The molecule has 0 bridgehead atoms. The summed E-state index contributed by atoms with van der Waals surface area (Å²) in [6, 6.07) is 0. The molecule has 4 atom stereocenters. The van der Waals surface area contributed by atoms with E-state index in [9.17, 15) is 5.11 Å². The summed E-state index contributed by atoms with van der Waals surface area (Å²) in [5.41, 5.74) is 5.72. The van der Waals surface area contributed by atoms with Gasteiger partial charge >= 0.3 is 0 Å². The highest BCUT2D eigenvalue weighted by Gasteiger charge is 2.51. The Bertz CT molecular complexity index is 293. The molecule has 19 heavy (non-hydrogen) atoms. The third kappa shape index (κ3) is 3.00. The summed E-state index contributed by atoms with van der Waals surface area (Å²) < 4.78 is 0. The standard InChI is InChI=1S/C17H33NO/c1-3-15-7-5-9-16(12-15,13-18)17(19)10-4-6-14(2)8-11-17/h14-15,19H,3-13,18H2,1-2H3. The minimum Gasteiger partial charge on any atom is -0.389 e. The van der Waals surface area contributed by atoms with E-state index in [1.165, 1.54) is 38.5 Å². The van der Waals surface area contributed by atoms with Crippen molar-refractivity contribution in [3.05, 3.63) is 0 Å². The lowest BCUT2D eigenvalue weighted by atomic mass is 9.58. The maximum absolute atomic E-state index is 11.4. The first-order valence-electron chi connectivity index (χ1n) is 8.48. The molecule has 0 saturated heterocycles. The Morgan fingerprint density at radius 3 is 2.53 bits per heavy atom. The molecule has 112 valence electrons. The molecule has 2 fully saturated rings. The van der Waals surface area contributed by atoms with Crippen LogP contribution in [0.2, 0.25) is 0 Å². The zero-order valence-electron chi connectivity index (χ0n) is 13.0. The molecule has 2 aliphatic carbocycles. The van der Waals surface area contributed by atoms with Gasteiger partial charge in [0, 0.05) is 12.0 Å². The van der Waals surface area contributed by atoms with Gasteiger partial charge in [-0.05, 0) is 43.9 Å². The van der Waals surface area contributed by atoms with Crippen LogP contribution in [-0.4, -0.2) is 17.3 Å². The maximum Gasteiger partial charge on any atom is 0.0716 e. The van der Waals surface area contributed by atoms with Crippen LogP contribution in [0, 0.1) is 17.3 Å². The first-order chi connectivity index (χ1) is 9.05. The van der Waals surface area contributed by atoms with E-state index in [0.29, 0.717) is 6.54 Å². The highest BCUT2D eigenvalue weighted by molar-refractivity contribution is 5.03. The van der Waals surface area contributed by atoms with Gasteiger partial charge in [-0.25, -0.2) is 0 Å². The Morgan fingerprint density at radius 1 is 1.11 bits per heavy atom. The maximum atomic E-state index is 11.4. The lowest BCUT2D eigenvalue weighted by Gasteiger charge is -2.51. The van der Waals surface area contributed by atoms with Crippen molar-refractivity contribution in [3.8, 4) is 0 Å². The highest BCUT2D eigenvalue weighted by Crippen LogP contribution is 2.52.